The molecule has 1 aromatic rings. The number of sulfonamides is 1. The molecule has 1 heterocycles. The molecule has 1 unspecified atom stereocenters. The van der Waals surface area contributed by atoms with Crippen molar-refractivity contribution < 1.29 is 12.8 Å². The summed E-state index contributed by atoms with van der Waals surface area (Å²) in [4.78, 5) is 0. The lowest BCUT2D eigenvalue weighted by Crippen LogP contribution is -2.32. The molecule has 0 aromatic carbocycles. The monoisotopic (exact) mass is 310 g/mol. The minimum Gasteiger partial charge on any atom is -0.453 e. The summed E-state index contributed by atoms with van der Waals surface area (Å²) in [7, 11) is -3.10. The van der Waals surface area contributed by atoms with Crippen LogP contribution in [0.4, 0.5) is 0 Å². The maximum atomic E-state index is 10.8. The second-order valence-corrected chi connectivity index (χ2v) is 6.10. The highest BCUT2D eigenvalue weighted by Gasteiger charge is 2.08. The maximum Gasteiger partial charge on any atom is 0.208 e. The average Bonchev–Trinajstić information content (AvgIpc) is 2.57. The Bertz CT molecular complexity index is 430. The molecule has 0 aliphatic carbocycles. The Morgan fingerprint density at radius 1 is 1.44 bits per heavy atom. The lowest BCUT2D eigenvalue weighted by atomic mass is 10.2. The van der Waals surface area contributed by atoms with Gasteiger partial charge < -0.3 is 9.73 Å². The first-order chi connectivity index (χ1) is 7.38. The summed E-state index contributed by atoms with van der Waals surface area (Å²) in [6.07, 6.45) is 1.14. The van der Waals surface area contributed by atoms with Gasteiger partial charge in [-0.15, -0.1) is 0 Å². The summed E-state index contributed by atoms with van der Waals surface area (Å²) in [5.74, 6) is 0.811. The summed E-state index contributed by atoms with van der Waals surface area (Å²) >= 11 is 3.22. The van der Waals surface area contributed by atoms with Gasteiger partial charge >= 0.3 is 0 Å². The zero-order chi connectivity index (χ0) is 12.2. The molecule has 1 rings (SSSR count). The van der Waals surface area contributed by atoms with Crippen molar-refractivity contribution in [2.24, 2.45) is 0 Å². The van der Waals surface area contributed by atoms with Crippen LogP contribution in [-0.4, -0.2) is 27.8 Å². The van der Waals surface area contributed by atoms with Crippen molar-refractivity contribution in [2.75, 3.05) is 19.3 Å². The van der Waals surface area contributed by atoms with Gasteiger partial charge in [-0.05, 0) is 35.0 Å². The molecule has 7 heteroatoms. The number of halogens is 1. The van der Waals surface area contributed by atoms with E-state index in [1.54, 1.807) is 0 Å². The predicted octanol–water partition coefficient (Wildman–Crippen LogP) is 1.24. The van der Waals surface area contributed by atoms with Crippen LogP contribution in [0.25, 0.3) is 0 Å². The Morgan fingerprint density at radius 2 is 2.12 bits per heavy atom. The normalized spacial score (nSPS) is 13.9. The van der Waals surface area contributed by atoms with Crippen molar-refractivity contribution in [3.05, 3.63) is 22.6 Å². The second kappa shape index (κ2) is 5.81. The van der Waals surface area contributed by atoms with Crippen LogP contribution >= 0.6 is 15.9 Å². The quantitative estimate of drug-likeness (QED) is 0.776. The fourth-order valence-corrected chi connectivity index (χ4v) is 1.98. The van der Waals surface area contributed by atoms with E-state index >= 15 is 0 Å². The minimum atomic E-state index is -3.10. The Kier molecular flexibility index (Phi) is 4.97. The smallest absolute Gasteiger partial charge is 0.208 e. The average molecular weight is 311 g/mol. The van der Waals surface area contributed by atoms with Crippen molar-refractivity contribution in [2.45, 2.75) is 13.0 Å². The fourth-order valence-electron chi connectivity index (χ4n) is 1.19. The molecule has 16 heavy (non-hydrogen) atoms. The van der Waals surface area contributed by atoms with Gasteiger partial charge in [-0.1, -0.05) is 0 Å². The Labute approximate surface area is 104 Å². The molecule has 2 N–H and O–H groups in total. The Hall–Kier alpha value is -0.370. The van der Waals surface area contributed by atoms with Crippen LogP contribution < -0.4 is 10.0 Å². The zero-order valence-corrected chi connectivity index (χ0v) is 11.6. The summed E-state index contributed by atoms with van der Waals surface area (Å²) < 4.78 is 30.0. The van der Waals surface area contributed by atoms with Crippen molar-refractivity contribution in [1.82, 2.24) is 10.0 Å². The van der Waals surface area contributed by atoms with Gasteiger partial charge in [0.25, 0.3) is 0 Å². The van der Waals surface area contributed by atoms with Crippen LogP contribution in [0.2, 0.25) is 0 Å². The van der Waals surface area contributed by atoms with Crippen LogP contribution in [0.15, 0.2) is 21.2 Å². The van der Waals surface area contributed by atoms with Gasteiger partial charge in [-0.3, -0.25) is 0 Å². The highest BCUT2D eigenvalue weighted by Crippen LogP contribution is 2.19. The van der Waals surface area contributed by atoms with Crippen LogP contribution in [0.3, 0.4) is 0 Å². The van der Waals surface area contributed by atoms with Gasteiger partial charge in [0.05, 0.1) is 12.3 Å². The molecule has 92 valence electrons. The molecule has 0 radical (unpaired) electrons. The standard InChI is InChI=1S/C9H15BrN2O3S/c1-7(8-3-4-9(10)15-8)11-5-6-12-16(2,13)14/h3-4,7,11-12H,5-6H2,1-2H3. The van der Waals surface area contributed by atoms with Gasteiger partial charge in [-0.25, -0.2) is 13.1 Å². The SMILES string of the molecule is CC(NCCNS(C)(=O)=O)c1ccc(Br)o1. The van der Waals surface area contributed by atoms with Crippen molar-refractivity contribution in [3.63, 3.8) is 0 Å². The van der Waals surface area contributed by atoms with E-state index in [9.17, 15) is 8.42 Å². The first-order valence-electron chi connectivity index (χ1n) is 4.82. The number of nitrogens with one attached hydrogen (secondary N) is 2. The molecule has 1 atom stereocenters. The topological polar surface area (TPSA) is 71.3 Å². The third-order valence-corrected chi connectivity index (χ3v) is 3.12. The molecule has 1 aromatic heterocycles. The minimum absolute atomic E-state index is 0.0488. The maximum absolute atomic E-state index is 10.8. The van der Waals surface area contributed by atoms with Crippen LogP contribution in [0.1, 0.15) is 18.7 Å². The van der Waals surface area contributed by atoms with E-state index in [-0.39, 0.29) is 6.04 Å². The van der Waals surface area contributed by atoms with E-state index in [2.05, 4.69) is 26.0 Å². The van der Waals surface area contributed by atoms with Crippen molar-refractivity contribution in [1.29, 1.82) is 0 Å². The van der Waals surface area contributed by atoms with Crippen molar-refractivity contribution in [3.8, 4) is 0 Å². The van der Waals surface area contributed by atoms with E-state index in [4.69, 9.17) is 4.42 Å². The van der Waals surface area contributed by atoms with E-state index in [0.29, 0.717) is 17.8 Å². The Morgan fingerprint density at radius 3 is 2.62 bits per heavy atom. The van der Waals surface area contributed by atoms with E-state index in [1.807, 2.05) is 19.1 Å². The molecule has 5 nitrogen and oxygen atoms in total. The lowest BCUT2D eigenvalue weighted by molar-refractivity contribution is 0.420. The molecular formula is C9H15BrN2O3S. The lowest BCUT2D eigenvalue weighted by Gasteiger charge is -2.11. The molecule has 0 fully saturated rings. The summed E-state index contributed by atoms with van der Waals surface area (Å²) in [5.41, 5.74) is 0. The molecule has 0 amide bonds. The van der Waals surface area contributed by atoms with Gasteiger partial charge in [0.2, 0.25) is 10.0 Å². The number of hydrogen-bond acceptors (Lipinski definition) is 4. The Balaban J connectivity index is 2.28. The third kappa shape index (κ3) is 5.11. The first-order valence-corrected chi connectivity index (χ1v) is 7.50. The molecule has 0 saturated carbocycles. The summed E-state index contributed by atoms with van der Waals surface area (Å²) in [6.45, 7) is 2.86. The highest BCUT2D eigenvalue weighted by atomic mass is 79.9. The van der Waals surface area contributed by atoms with Crippen LogP contribution in [0, 0.1) is 0 Å². The second-order valence-electron chi connectivity index (χ2n) is 3.48. The van der Waals surface area contributed by atoms with Crippen LogP contribution in [0.5, 0.6) is 0 Å². The third-order valence-electron chi connectivity index (χ3n) is 1.96. The van der Waals surface area contributed by atoms with Crippen LogP contribution in [-0.2, 0) is 10.0 Å². The van der Waals surface area contributed by atoms with Gasteiger partial charge in [-0.2, -0.15) is 0 Å². The number of rotatable bonds is 6. The highest BCUT2D eigenvalue weighted by molar-refractivity contribution is 9.10. The molecule has 0 saturated heterocycles. The van der Waals surface area contributed by atoms with E-state index in [1.165, 1.54) is 0 Å². The molecule has 0 aliphatic heterocycles. The molecule has 0 spiro atoms. The molecule has 0 aliphatic rings. The summed E-state index contributed by atoms with van der Waals surface area (Å²) in [5, 5.41) is 3.14. The first kappa shape index (κ1) is 13.7. The number of furan rings is 1. The van der Waals surface area contributed by atoms with Crippen molar-refractivity contribution >= 4 is 26.0 Å². The fraction of sp³-hybridized carbons (Fsp3) is 0.556. The zero-order valence-electron chi connectivity index (χ0n) is 9.16. The number of hydrogen-bond donors (Lipinski definition) is 2. The van der Waals surface area contributed by atoms with E-state index < -0.39 is 10.0 Å². The summed E-state index contributed by atoms with van der Waals surface area (Å²) in [6, 6.07) is 3.74. The van der Waals surface area contributed by atoms with Gasteiger partial charge in [0.15, 0.2) is 4.67 Å². The van der Waals surface area contributed by atoms with E-state index in [0.717, 1.165) is 12.0 Å². The molecular weight excluding hydrogens is 296 g/mol. The molecule has 0 bridgehead atoms. The van der Waals surface area contributed by atoms with Gasteiger partial charge in [0.1, 0.15) is 5.76 Å². The largest absolute Gasteiger partial charge is 0.453 e. The van der Waals surface area contributed by atoms with Gasteiger partial charge in [0, 0.05) is 13.1 Å². The predicted molar refractivity (Wildman–Crippen MR) is 65.7 cm³/mol.